The van der Waals surface area contributed by atoms with Crippen LogP contribution in [0.1, 0.15) is 0 Å². The normalized spacial score (nSPS) is 11.2. The molecule has 0 fully saturated rings. The van der Waals surface area contributed by atoms with Crippen LogP contribution >= 0.6 is 0 Å². The third-order valence-corrected chi connectivity index (χ3v) is 4.98. The molecule has 2 aromatic carbocycles. The number of sulfonamides is 1. The second kappa shape index (κ2) is 6.37. The summed E-state index contributed by atoms with van der Waals surface area (Å²) in [6.45, 7) is 0. The fourth-order valence-electron chi connectivity index (χ4n) is 2.41. The van der Waals surface area contributed by atoms with Crippen molar-refractivity contribution in [3.63, 3.8) is 0 Å². The minimum atomic E-state index is -3.71. The average molecular weight is 343 g/mol. The van der Waals surface area contributed by atoms with Crippen molar-refractivity contribution in [2.45, 2.75) is 4.90 Å². The zero-order valence-electron chi connectivity index (χ0n) is 13.3. The Morgan fingerprint density at radius 3 is 2.33 bits per heavy atom. The van der Waals surface area contributed by atoms with Gasteiger partial charge in [0.15, 0.2) is 0 Å². The van der Waals surface area contributed by atoms with E-state index in [2.05, 4.69) is 9.82 Å². The van der Waals surface area contributed by atoms with Crippen LogP contribution < -0.4 is 9.46 Å². The standard InChI is InChI=1S/C17H17N3O3S/c1-20-17(13-6-4-3-5-7-13)16(12-18-20)19-24(21,22)15-10-8-14(23-2)9-11-15/h3-12,19H,1-2H3. The summed E-state index contributed by atoms with van der Waals surface area (Å²) in [4.78, 5) is 0.158. The van der Waals surface area contributed by atoms with Crippen LogP contribution in [0.4, 0.5) is 5.69 Å². The first-order chi connectivity index (χ1) is 11.5. The molecule has 0 aliphatic heterocycles. The molecule has 0 radical (unpaired) electrons. The first kappa shape index (κ1) is 16.1. The van der Waals surface area contributed by atoms with Gasteiger partial charge in [-0.15, -0.1) is 0 Å². The Morgan fingerprint density at radius 2 is 1.71 bits per heavy atom. The molecule has 0 bridgehead atoms. The Morgan fingerprint density at radius 1 is 1.04 bits per heavy atom. The number of rotatable bonds is 5. The summed E-state index contributed by atoms with van der Waals surface area (Å²) in [6, 6.07) is 15.7. The molecule has 0 aliphatic rings. The van der Waals surface area contributed by atoms with Crippen LogP contribution in [0, 0.1) is 0 Å². The summed E-state index contributed by atoms with van der Waals surface area (Å²) < 4.78 is 34.5. The molecule has 6 nitrogen and oxygen atoms in total. The van der Waals surface area contributed by atoms with E-state index in [0.29, 0.717) is 17.1 Å². The fraction of sp³-hybridized carbons (Fsp3) is 0.118. The highest BCUT2D eigenvalue weighted by Crippen LogP contribution is 2.29. The number of anilines is 1. The zero-order valence-corrected chi connectivity index (χ0v) is 14.1. The number of benzene rings is 2. The van der Waals surface area contributed by atoms with Crippen molar-refractivity contribution < 1.29 is 13.2 Å². The number of ether oxygens (including phenoxy) is 1. The first-order valence-electron chi connectivity index (χ1n) is 7.25. The summed E-state index contributed by atoms with van der Waals surface area (Å²) in [6.07, 6.45) is 1.50. The Labute approximate surface area is 140 Å². The average Bonchev–Trinajstić information content (AvgIpc) is 2.95. The van der Waals surface area contributed by atoms with E-state index in [1.807, 2.05) is 30.3 Å². The first-order valence-corrected chi connectivity index (χ1v) is 8.74. The number of methoxy groups -OCH3 is 1. The lowest BCUT2D eigenvalue weighted by Gasteiger charge is -2.10. The van der Waals surface area contributed by atoms with Crippen molar-refractivity contribution in [1.82, 2.24) is 9.78 Å². The second-order valence-electron chi connectivity index (χ2n) is 5.18. The van der Waals surface area contributed by atoms with Gasteiger partial charge < -0.3 is 4.74 Å². The third-order valence-electron chi connectivity index (χ3n) is 3.60. The Bertz CT molecular complexity index is 933. The van der Waals surface area contributed by atoms with Crippen LogP contribution in [0.5, 0.6) is 5.75 Å². The minimum Gasteiger partial charge on any atom is -0.497 e. The number of hydrogen-bond donors (Lipinski definition) is 1. The lowest BCUT2D eigenvalue weighted by molar-refractivity contribution is 0.414. The second-order valence-corrected chi connectivity index (χ2v) is 6.86. The van der Waals surface area contributed by atoms with Crippen LogP contribution in [0.3, 0.4) is 0 Å². The predicted octanol–water partition coefficient (Wildman–Crippen LogP) is 2.90. The van der Waals surface area contributed by atoms with Gasteiger partial charge in [-0.25, -0.2) is 8.42 Å². The Kier molecular flexibility index (Phi) is 4.26. The van der Waals surface area contributed by atoms with Crippen molar-refractivity contribution in [1.29, 1.82) is 0 Å². The Balaban J connectivity index is 1.96. The molecule has 1 N–H and O–H groups in total. The molecule has 0 aliphatic carbocycles. The summed E-state index contributed by atoms with van der Waals surface area (Å²) in [5, 5.41) is 4.17. The lowest BCUT2D eigenvalue weighted by atomic mass is 10.1. The summed E-state index contributed by atoms with van der Waals surface area (Å²) in [5.74, 6) is 0.598. The molecule has 124 valence electrons. The third kappa shape index (κ3) is 3.11. The van der Waals surface area contributed by atoms with Crippen molar-refractivity contribution in [3.8, 4) is 17.0 Å². The lowest BCUT2D eigenvalue weighted by Crippen LogP contribution is -2.13. The van der Waals surface area contributed by atoms with Gasteiger partial charge in [-0.05, 0) is 24.3 Å². The van der Waals surface area contributed by atoms with Gasteiger partial charge in [0.25, 0.3) is 10.0 Å². The molecule has 0 unspecified atom stereocenters. The number of aromatic nitrogens is 2. The van der Waals surface area contributed by atoms with Crippen molar-refractivity contribution >= 4 is 15.7 Å². The maximum Gasteiger partial charge on any atom is 0.262 e. The van der Waals surface area contributed by atoms with Gasteiger partial charge in [0.1, 0.15) is 5.75 Å². The van der Waals surface area contributed by atoms with Gasteiger partial charge in [-0.3, -0.25) is 9.40 Å². The van der Waals surface area contributed by atoms with Crippen molar-refractivity contribution in [3.05, 3.63) is 60.8 Å². The smallest absolute Gasteiger partial charge is 0.262 e. The summed E-state index contributed by atoms with van der Waals surface area (Å²) in [7, 11) is -0.412. The molecule has 0 spiro atoms. The zero-order chi connectivity index (χ0) is 17.2. The highest BCUT2D eigenvalue weighted by molar-refractivity contribution is 7.92. The van der Waals surface area contributed by atoms with E-state index in [9.17, 15) is 8.42 Å². The molecule has 3 rings (SSSR count). The topological polar surface area (TPSA) is 73.2 Å². The molecule has 7 heteroatoms. The molecule has 0 saturated carbocycles. The SMILES string of the molecule is COc1ccc(S(=O)(=O)Nc2cnn(C)c2-c2ccccc2)cc1. The maximum atomic E-state index is 12.6. The van der Waals surface area contributed by atoms with E-state index in [1.165, 1.54) is 25.4 Å². The van der Waals surface area contributed by atoms with Crippen LogP contribution in [-0.2, 0) is 17.1 Å². The molecular weight excluding hydrogens is 326 g/mol. The maximum absolute atomic E-state index is 12.6. The predicted molar refractivity (Wildman–Crippen MR) is 92.4 cm³/mol. The van der Waals surface area contributed by atoms with E-state index in [4.69, 9.17) is 4.74 Å². The Hall–Kier alpha value is -2.80. The van der Waals surface area contributed by atoms with Gasteiger partial charge in [0.2, 0.25) is 0 Å². The number of nitrogens with zero attached hydrogens (tertiary/aromatic N) is 2. The molecule has 0 amide bonds. The summed E-state index contributed by atoms with van der Waals surface area (Å²) >= 11 is 0. The van der Waals surface area contributed by atoms with Gasteiger partial charge in [-0.2, -0.15) is 5.10 Å². The molecule has 1 aromatic heterocycles. The minimum absolute atomic E-state index is 0.158. The van der Waals surface area contributed by atoms with Crippen LogP contribution in [-0.4, -0.2) is 25.3 Å². The van der Waals surface area contributed by atoms with Gasteiger partial charge in [0.05, 0.1) is 29.6 Å². The molecule has 24 heavy (non-hydrogen) atoms. The highest BCUT2D eigenvalue weighted by atomic mass is 32.2. The van der Waals surface area contributed by atoms with Crippen LogP contribution in [0.2, 0.25) is 0 Å². The highest BCUT2D eigenvalue weighted by Gasteiger charge is 2.19. The fourth-order valence-corrected chi connectivity index (χ4v) is 3.46. The quantitative estimate of drug-likeness (QED) is 0.773. The van der Waals surface area contributed by atoms with Crippen molar-refractivity contribution in [2.24, 2.45) is 7.05 Å². The van der Waals surface area contributed by atoms with Crippen LogP contribution in [0.25, 0.3) is 11.3 Å². The molecule has 1 heterocycles. The number of nitrogens with one attached hydrogen (secondary N) is 1. The van der Waals surface area contributed by atoms with Gasteiger partial charge >= 0.3 is 0 Å². The van der Waals surface area contributed by atoms with Gasteiger partial charge in [0, 0.05) is 12.6 Å². The largest absolute Gasteiger partial charge is 0.497 e. The molecule has 3 aromatic rings. The molecule has 0 saturated heterocycles. The van der Waals surface area contributed by atoms with Gasteiger partial charge in [-0.1, -0.05) is 30.3 Å². The van der Waals surface area contributed by atoms with E-state index < -0.39 is 10.0 Å². The van der Waals surface area contributed by atoms with E-state index in [1.54, 1.807) is 23.9 Å². The monoisotopic (exact) mass is 343 g/mol. The number of hydrogen-bond acceptors (Lipinski definition) is 4. The number of aryl methyl sites for hydroxylation is 1. The summed E-state index contributed by atoms with van der Waals surface area (Å²) in [5.41, 5.74) is 2.01. The van der Waals surface area contributed by atoms with Crippen LogP contribution in [0.15, 0.2) is 65.7 Å². The van der Waals surface area contributed by atoms with E-state index in [-0.39, 0.29) is 4.90 Å². The van der Waals surface area contributed by atoms with E-state index >= 15 is 0 Å². The molecule has 0 atom stereocenters. The van der Waals surface area contributed by atoms with E-state index in [0.717, 1.165) is 5.56 Å². The van der Waals surface area contributed by atoms with Crippen molar-refractivity contribution in [2.75, 3.05) is 11.8 Å². The molecular formula is C17H17N3O3S.